The molecule has 1 aromatic carbocycles. The Morgan fingerprint density at radius 3 is 2.66 bits per heavy atom. The monoisotopic (exact) mass is 479 g/mol. The van der Waals surface area contributed by atoms with E-state index < -0.39 is 10.0 Å². The Labute approximate surface area is 193 Å². The Hall–Kier alpha value is -2.21. The Morgan fingerprint density at radius 2 is 2.00 bits per heavy atom. The van der Waals surface area contributed by atoms with Crippen molar-refractivity contribution in [2.24, 2.45) is 0 Å². The highest BCUT2D eigenvalue weighted by Gasteiger charge is 2.27. The number of nitrogens with zero attached hydrogens (tertiary/aromatic N) is 4. The third-order valence-electron chi connectivity index (χ3n) is 4.58. The van der Waals surface area contributed by atoms with Crippen molar-refractivity contribution in [2.75, 3.05) is 32.1 Å². The van der Waals surface area contributed by atoms with Crippen LogP contribution in [0.2, 0.25) is 0 Å². The Bertz CT molecular complexity index is 1070. The number of sulfonamides is 1. The van der Waals surface area contributed by atoms with E-state index in [1.165, 1.54) is 16.1 Å². The molecule has 1 aliphatic heterocycles. The first-order valence-corrected chi connectivity index (χ1v) is 12.7. The third-order valence-corrected chi connectivity index (χ3v) is 7.44. The Morgan fingerprint density at radius 1 is 1.28 bits per heavy atom. The van der Waals surface area contributed by atoms with Crippen molar-refractivity contribution in [1.29, 1.82) is 0 Å². The summed E-state index contributed by atoms with van der Waals surface area (Å²) in [6, 6.07) is 6.67. The van der Waals surface area contributed by atoms with Gasteiger partial charge in [0.1, 0.15) is 0 Å². The van der Waals surface area contributed by atoms with Crippen LogP contribution in [0.4, 0.5) is 0 Å². The Balaban J connectivity index is 1.86. The van der Waals surface area contributed by atoms with Gasteiger partial charge in [-0.3, -0.25) is 9.36 Å². The zero-order chi connectivity index (χ0) is 23.4. The largest absolute Gasteiger partial charge is 0.379 e. The third kappa shape index (κ3) is 5.97. The smallest absolute Gasteiger partial charge is 0.243 e. The molecular weight excluding hydrogens is 450 g/mol. The second-order valence-electron chi connectivity index (χ2n) is 8.34. The van der Waals surface area contributed by atoms with Gasteiger partial charge in [-0.25, -0.2) is 8.42 Å². The average Bonchev–Trinajstić information content (AvgIpc) is 3.15. The lowest BCUT2D eigenvalue weighted by Gasteiger charge is -2.26. The maximum atomic E-state index is 13.0. The highest BCUT2D eigenvalue weighted by Crippen LogP contribution is 2.27. The number of allylic oxidation sites excluding steroid dienone is 1. The first-order chi connectivity index (χ1) is 15.1. The summed E-state index contributed by atoms with van der Waals surface area (Å²) in [7, 11) is -3.63. The molecule has 1 amide bonds. The fourth-order valence-corrected chi connectivity index (χ4v) is 5.42. The van der Waals surface area contributed by atoms with Gasteiger partial charge in [-0.05, 0) is 32.9 Å². The maximum absolute atomic E-state index is 13.0. The van der Waals surface area contributed by atoms with Crippen LogP contribution in [-0.4, -0.2) is 71.0 Å². The van der Waals surface area contributed by atoms with E-state index in [9.17, 15) is 13.2 Å². The molecule has 9 nitrogen and oxygen atoms in total. The lowest BCUT2D eigenvalue weighted by molar-refractivity contribution is -0.119. The molecule has 0 spiro atoms. The number of carbonyl (C=O) groups is 1. The maximum Gasteiger partial charge on any atom is 0.243 e. The summed E-state index contributed by atoms with van der Waals surface area (Å²) < 4.78 is 34.6. The molecule has 1 aromatic heterocycles. The lowest BCUT2D eigenvalue weighted by atomic mass is 10.1. The molecule has 1 saturated heterocycles. The number of thioether (sulfide) groups is 1. The second kappa shape index (κ2) is 10.2. The van der Waals surface area contributed by atoms with Crippen LogP contribution in [-0.2, 0) is 26.1 Å². The predicted octanol–water partition coefficient (Wildman–Crippen LogP) is 2.16. The molecule has 3 rings (SSSR count). The van der Waals surface area contributed by atoms with Gasteiger partial charge in [0, 0.05) is 30.7 Å². The van der Waals surface area contributed by atoms with E-state index in [-0.39, 0.29) is 22.1 Å². The molecular formula is C21H29N5O4S2. The van der Waals surface area contributed by atoms with Crippen LogP contribution in [0, 0.1) is 0 Å². The van der Waals surface area contributed by atoms with Gasteiger partial charge in [-0.2, -0.15) is 4.31 Å². The van der Waals surface area contributed by atoms with Crippen LogP contribution in [0.15, 0.2) is 47.0 Å². The summed E-state index contributed by atoms with van der Waals surface area (Å²) in [5.74, 6) is 0.608. The zero-order valence-corrected chi connectivity index (χ0v) is 20.2. The van der Waals surface area contributed by atoms with Crippen LogP contribution in [0.5, 0.6) is 0 Å². The van der Waals surface area contributed by atoms with Crippen molar-refractivity contribution in [2.45, 2.75) is 42.9 Å². The topological polar surface area (TPSA) is 106 Å². The molecule has 0 bridgehead atoms. The summed E-state index contributed by atoms with van der Waals surface area (Å²) in [5, 5.41) is 12.0. The SMILES string of the molecule is C=CCn1c(SCC(=O)NC(C)(C)C)nnc1-c1cccc(S(=O)(=O)N2CCOCC2)c1. The van der Waals surface area contributed by atoms with E-state index in [1.54, 1.807) is 30.3 Å². The standard InChI is InChI=1S/C21H29N5O4S2/c1-5-9-26-19(23-24-20(26)31-15-18(27)22-21(2,3)4)16-7-6-8-17(14-16)32(28,29)25-10-12-30-13-11-25/h5-8,14H,1,9-13,15H2,2-4H3,(H,22,27). The Kier molecular flexibility index (Phi) is 7.75. The zero-order valence-electron chi connectivity index (χ0n) is 18.6. The fourth-order valence-electron chi connectivity index (χ4n) is 3.22. The van der Waals surface area contributed by atoms with Crippen molar-refractivity contribution >= 4 is 27.7 Å². The lowest BCUT2D eigenvalue weighted by Crippen LogP contribution is -2.41. The van der Waals surface area contributed by atoms with Gasteiger partial charge in [0.15, 0.2) is 11.0 Å². The summed E-state index contributed by atoms with van der Waals surface area (Å²) in [6.45, 7) is 11.4. The molecule has 2 aromatic rings. The molecule has 0 radical (unpaired) electrons. The normalized spacial score (nSPS) is 15.5. The van der Waals surface area contributed by atoms with E-state index in [0.29, 0.717) is 49.4 Å². The number of amides is 1. The van der Waals surface area contributed by atoms with Crippen molar-refractivity contribution in [3.63, 3.8) is 0 Å². The van der Waals surface area contributed by atoms with Crippen molar-refractivity contribution in [1.82, 2.24) is 24.4 Å². The first kappa shape index (κ1) is 24.4. The molecule has 11 heteroatoms. The molecule has 0 saturated carbocycles. The summed E-state index contributed by atoms with van der Waals surface area (Å²) in [5.41, 5.74) is 0.309. The molecule has 2 heterocycles. The molecule has 174 valence electrons. The number of morpholine rings is 1. The minimum Gasteiger partial charge on any atom is -0.379 e. The average molecular weight is 480 g/mol. The van der Waals surface area contributed by atoms with E-state index in [4.69, 9.17) is 4.74 Å². The van der Waals surface area contributed by atoms with Crippen LogP contribution in [0.1, 0.15) is 20.8 Å². The van der Waals surface area contributed by atoms with Crippen molar-refractivity contribution < 1.29 is 17.9 Å². The molecule has 1 aliphatic rings. The number of benzene rings is 1. The van der Waals surface area contributed by atoms with Gasteiger partial charge in [0.25, 0.3) is 0 Å². The van der Waals surface area contributed by atoms with Crippen LogP contribution < -0.4 is 5.32 Å². The van der Waals surface area contributed by atoms with E-state index >= 15 is 0 Å². The minimum absolute atomic E-state index is 0.101. The number of rotatable bonds is 8. The van der Waals surface area contributed by atoms with Crippen LogP contribution in [0.3, 0.4) is 0 Å². The van der Waals surface area contributed by atoms with E-state index in [0.717, 1.165) is 0 Å². The van der Waals surface area contributed by atoms with Crippen molar-refractivity contribution in [3.05, 3.63) is 36.9 Å². The molecule has 0 aliphatic carbocycles. The summed E-state index contributed by atoms with van der Waals surface area (Å²) in [4.78, 5) is 12.4. The van der Waals surface area contributed by atoms with Gasteiger partial charge in [0.2, 0.25) is 15.9 Å². The van der Waals surface area contributed by atoms with Gasteiger partial charge < -0.3 is 10.1 Å². The first-order valence-electron chi connectivity index (χ1n) is 10.3. The second-order valence-corrected chi connectivity index (χ2v) is 11.2. The molecule has 0 atom stereocenters. The van der Waals surface area contributed by atoms with Crippen molar-refractivity contribution in [3.8, 4) is 11.4 Å². The van der Waals surface area contributed by atoms with Gasteiger partial charge in [0.05, 0.1) is 23.9 Å². The van der Waals surface area contributed by atoms with Gasteiger partial charge >= 0.3 is 0 Å². The summed E-state index contributed by atoms with van der Waals surface area (Å²) in [6.07, 6.45) is 1.71. The quantitative estimate of drug-likeness (QED) is 0.457. The number of hydrogen-bond acceptors (Lipinski definition) is 7. The van der Waals surface area contributed by atoms with Crippen LogP contribution in [0.25, 0.3) is 11.4 Å². The number of hydrogen-bond donors (Lipinski definition) is 1. The number of aromatic nitrogens is 3. The molecule has 0 unspecified atom stereocenters. The number of carbonyl (C=O) groups excluding carboxylic acids is 1. The summed E-state index contributed by atoms with van der Waals surface area (Å²) >= 11 is 1.27. The number of ether oxygens (including phenoxy) is 1. The molecule has 1 fully saturated rings. The highest BCUT2D eigenvalue weighted by molar-refractivity contribution is 7.99. The van der Waals surface area contributed by atoms with Gasteiger partial charge in [-0.1, -0.05) is 30.0 Å². The van der Waals surface area contributed by atoms with E-state index in [2.05, 4.69) is 22.1 Å². The van der Waals surface area contributed by atoms with Crippen LogP contribution >= 0.6 is 11.8 Å². The molecule has 1 N–H and O–H groups in total. The molecule has 32 heavy (non-hydrogen) atoms. The van der Waals surface area contributed by atoms with Gasteiger partial charge in [-0.15, -0.1) is 16.8 Å². The van der Waals surface area contributed by atoms with E-state index in [1.807, 2.05) is 25.3 Å². The number of nitrogens with one attached hydrogen (secondary N) is 1. The highest BCUT2D eigenvalue weighted by atomic mass is 32.2. The fraction of sp³-hybridized carbons (Fsp3) is 0.476. The predicted molar refractivity (Wildman–Crippen MR) is 124 cm³/mol. The minimum atomic E-state index is -3.63.